The molecule has 2 amide bonds. The van der Waals surface area contributed by atoms with E-state index in [9.17, 15) is 9.59 Å². The highest BCUT2D eigenvalue weighted by atomic mass is 16.5. The van der Waals surface area contributed by atoms with Crippen molar-refractivity contribution in [1.82, 2.24) is 24.6 Å². The van der Waals surface area contributed by atoms with E-state index in [1.54, 1.807) is 12.0 Å². The van der Waals surface area contributed by atoms with Crippen molar-refractivity contribution in [2.24, 2.45) is 11.7 Å². The van der Waals surface area contributed by atoms with Crippen molar-refractivity contribution in [2.75, 3.05) is 39.8 Å². The van der Waals surface area contributed by atoms with Crippen LogP contribution in [-0.2, 0) is 0 Å². The first-order valence-corrected chi connectivity index (χ1v) is 10.6. The van der Waals surface area contributed by atoms with E-state index in [-0.39, 0.29) is 17.6 Å². The smallest absolute Gasteiger partial charge is 0.348 e. The van der Waals surface area contributed by atoms with Crippen LogP contribution in [0.3, 0.4) is 0 Å². The molecule has 2 atom stereocenters. The van der Waals surface area contributed by atoms with Gasteiger partial charge in [0.15, 0.2) is 0 Å². The van der Waals surface area contributed by atoms with Crippen molar-refractivity contribution in [2.45, 2.75) is 31.6 Å². The first kappa shape index (κ1) is 20.5. The summed E-state index contributed by atoms with van der Waals surface area (Å²) in [6.07, 6.45) is 4.19. The summed E-state index contributed by atoms with van der Waals surface area (Å²) in [5, 5.41) is 4.59. The highest BCUT2D eigenvalue weighted by molar-refractivity contribution is 5.72. The van der Waals surface area contributed by atoms with Crippen LogP contribution < -0.4 is 16.2 Å². The molecule has 0 radical (unpaired) electrons. The predicted molar refractivity (Wildman–Crippen MR) is 113 cm³/mol. The number of nitrogens with two attached hydrogens (primary N) is 1. The van der Waals surface area contributed by atoms with Gasteiger partial charge in [0, 0.05) is 32.1 Å². The maximum absolute atomic E-state index is 12.5. The summed E-state index contributed by atoms with van der Waals surface area (Å²) in [5.74, 6) is 2.12. The largest absolute Gasteiger partial charge is 0.497 e. The molecular formula is C21H30N6O3. The minimum atomic E-state index is -0.321. The molecule has 0 aliphatic carbocycles. The van der Waals surface area contributed by atoms with Crippen LogP contribution in [0, 0.1) is 5.92 Å². The lowest BCUT2D eigenvalue weighted by Crippen LogP contribution is -2.47. The number of piperidine rings is 2. The van der Waals surface area contributed by atoms with Gasteiger partial charge in [-0.25, -0.2) is 9.59 Å². The van der Waals surface area contributed by atoms with Gasteiger partial charge < -0.3 is 20.3 Å². The molecule has 2 fully saturated rings. The van der Waals surface area contributed by atoms with Crippen LogP contribution in [0.4, 0.5) is 4.79 Å². The molecule has 1 aromatic carbocycles. The lowest BCUT2D eigenvalue weighted by molar-refractivity contribution is 0.126. The van der Waals surface area contributed by atoms with Gasteiger partial charge in [0.25, 0.3) is 0 Å². The van der Waals surface area contributed by atoms with Crippen LogP contribution in [0.1, 0.15) is 37.4 Å². The number of rotatable bonds is 5. The van der Waals surface area contributed by atoms with E-state index in [0.717, 1.165) is 70.0 Å². The van der Waals surface area contributed by atoms with Crippen LogP contribution in [0.2, 0.25) is 0 Å². The van der Waals surface area contributed by atoms with Crippen molar-refractivity contribution < 1.29 is 9.53 Å². The Balaban J connectivity index is 1.42. The molecule has 2 aliphatic rings. The van der Waals surface area contributed by atoms with Crippen LogP contribution in [0.25, 0.3) is 5.69 Å². The number of aromatic amines is 1. The first-order valence-electron chi connectivity index (χ1n) is 10.6. The zero-order chi connectivity index (χ0) is 21.1. The third-order valence-corrected chi connectivity index (χ3v) is 6.19. The minimum absolute atomic E-state index is 0.196. The fraction of sp³-hybridized carbons (Fsp3) is 0.571. The second kappa shape index (κ2) is 8.91. The lowest BCUT2D eigenvalue weighted by Gasteiger charge is -2.37. The quantitative estimate of drug-likeness (QED) is 0.771. The topological polar surface area (TPSA) is 109 Å². The van der Waals surface area contributed by atoms with Gasteiger partial charge in [-0.2, -0.15) is 4.68 Å². The number of carbonyl (C=O) groups excluding carboxylic acids is 1. The van der Waals surface area contributed by atoms with Gasteiger partial charge in [-0.15, -0.1) is 5.10 Å². The minimum Gasteiger partial charge on any atom is -0.497 e. The molecule has 0 bridgehead atoms. The Morgan fingerprint density at radius 2 is 1.97 bits per heavy atom. The van der Waals surface area contributed by atoms with E-state index >= 15 is 0 Å². The maximum atomic E-state index is 12.5. The summed E-state index contributed by atoms with van der Waals surface area (Å²) < 4.78 is 6.60. The van der Waals surface area contributed by atoms with Gasteiger partial charge in [-0.05, 0) is 62.4 Å². The Labute approximate surface area is 175 Å². The van der Waals surface area contributed by atoms with E-state index in [2.05, 4.69) is 15.0 Å². The molecule has 1 aromatic heterocycles. The number of likely N-dealkylation sites (tertiary alicyclic amines) is 2. The van der Waals surface area contributed by atoms with Gasteiger partial charge in [-0.1, -0.05) is 0 Å². The fourth-order valence-corrected chi connectivity index (χ4v) is 4.65. The first-order chi connectivity index (χ1) is 14.5. The van der Waals surface area contributed by atoms with Gasteiger partial charge in [0.2, 0.25) is 0 Å². The Morgan fingerprint density at radius 3 is 2.70 bits per heavy atom. The number of methoxy groups -OCH3 is 1. The second-order valence-electron chi connectivity index (χ2n) is 8.32. The lowest BCUT2D eigenvalue weighted by atomic mass is 9.93. The molecule has 3 heterocycles. The Kier molecular flexibility index (Phi) is 6.08. The molecule has 2 aromatic rings. The molecule has 30 heavy (non-hydrogen) atoms. The Hall–Kier alpha value is -2.81. The summed E-state index contributed by atoms with van der Waals surface area (Å²) in [7, 11) is 1.61. The number of benzene rings is 1. The Bertz CT molecular complexity index is 922. The molecule has 0 spiro atoms. The molecule has 2 aliphatic heterocycles. The Morgan fingerprint density at radius 1 is 1.20 bits per heavy atom. The van der Waals surface area contributed by atoms with Gasteiger partial charge in [0.1, 0.15) is 11.6 Å². The summed E-state index contributed by atoms with van der Waals surface area (Å²) in [4.78, 5) is 31.1. The number of hydrogen-bond donors (Lipinski definition) is 2. The second-order valence-corrected chi connectivity index (χ2v) is 8.32. The zero-order valence-electron chi connectivity index (χ0n) is 17.4. The maximum Gasteiger partial charge on any atom is 0.348 e. The van der Waals surface area contributed by atoms with Crippen LogP contribution in [0.15, 0.2) is 29.1 Å². The standard InChI is InChI=1S/C21H30N6O3/c1-30-18-8-6-17(7-9-18)27-21(29)23-19(24-27)16-5-3-10-25(14-16)12-15-4-2-11-26(13-15)20(22)28/h6-9,15-16H,2-5,10-14H2,1H3,(H2,22,28)(H,23,24,29)/t15?,16-/m0/s1. The fourth-order valence-electron chi connectivity index (χ4n) is 4.65. The van der Waals surface area contributed by atoms with E-state index in [0.29, 0.717) is 11.6 Å². The molecule has 9 nitrogen and oxygen atoms in total. The average molecular weight is 415 g/mol. The molecule has 4 rings (SSSR count). The number of primary amides is 1. The normalized spacial score (nSPS) is 22.8. The number of H-pyrrole nitrogens is 1. The van der Waals surface area contributed by atoms with Gasteiger partial charge in [0.05, 0.1) is 12.8 Å². The molecule has 2 saturated heterocycles. The van der Waals surface area contributed by atoms with Crippen LogP contribution >= 0.6 is 0 Å². The van der Waals surface area contributed by atoms with Gasteiger partial charge >= 0.3 is 11.7 Å². The highest BCUT2D eigenvalue weighted by Crippen LogP contribution is 2.26. The molecule has 3 N–H and O–H groups in total. The average Bonchev–Trinajstić information content (AvgIpc) is 3.16. The van der Waals surface area contributed by atoms with Crippen molar-refractivity contribution in [1.29, 1.82) is 0 Å². The number of hydrogen-bond acceptors (Lipinski definition) is 5. The molecule has 162 valence electrons. The third kappa shape index (κ3) is 4.51. The number of amides is 2. The summed E-state index contributed by atoms with van der Waals surface area (Å²) in [5.41, 5.74) is 5.95. The van der Waals surface area contributed by atoms with E-state index < -0.39 is 0 Å². The third-order valence-electron chi connectivity index (χ3n) is 6.19. The number of nitrogens with zero attached hydrogens (tertiary/aromatic N) is 4. The summed E-state index contributed by atoms with van der Waals surface area (Å²) in [6, 6.07) is 6.96. The van der Waals surface area contributed by atoms with E-state index in [1.165, 1.54) is 4.68 Å². The van der Waals surface area contributed by atoms with Crippen molar-refractivity contribution in [3.8, 4) is 11.4 Å². The number of aromatic nitrogens is 3. The monoisotopic (exact) mass is 414 g/mol. The zero-order valence-corrected chi connectivity index (χ0v) is 17.4. The molecule has 9 heteroatoms. The van der Waals surface area contributed by atoms with Gasteiger partial charge in [-0.3, -0.25) is 4.98 Å². The highest BCUT2D eigenvalue weighted by Gasteiger charge is 2.29. The van der Waals surface area contributed by atoms with E-state index in [4.69, 9.17) is 10.5 Å². The number of urea groups is 1. The van der Waals surface area contributed by atoms with Crippen molar-refractivity contribution >= 4 is 6.03 Å². The number of carbonyl (C=O) groups is 1. The molecule has 1 unspecified atom stereocenters. The SMILES string of the molecule is COc1ccc(-n2nc([C@H]3CCCN(CC4CCCN(C(N)=O)C4)C3)[nH]c2=O)cc1. The summed E-state index contributed by atoms with van der Waals surface area (Å²) >= 11 is 0. The molecular weight excluding hydrogens is 384 g/mol. The van der Waals surface area contributed by atoms with Crippen LogP contribution in [-0.4, -0.2) is 70.4 Å². The molecule has 0 saturated carbocycles. The number of nitrogens with one attached hydrogen (secondary N) is 1. The number of ether oxygens (including phenoxy) is 1. The van der Waals surface area contributed by atoms with Crippen molar-refractivity contribution in [3.05, 3.63) is 40.6 Å². The van der Waals surface area contributed by atoms with Crippen LogP contribution in [0.5, 0.6) is 5.75 Å². The van der Waals surface area contributed by atoms with Crippen molar-refractivity contribution in [3.63, 3.8) is 0 Å². The summed E-state index contributed by atoms with van der Waals surface area (Å²) in [6.45, 7) is 4.34. The van der Waals surface area contributed by atoms with E-state index in [1.807, 2.05) is 24.3 Å². The predicted octanol–water partition coefficient (Wildman–Crippen LogP) is 1.54.